The monoisotopic (exact) mass is 571 g/mol. The molecule has 1 aliphatic heterocycles. The van der Waals surface area contributed by atoms with Crippen LogP contribution in [0.3, 0.4) is 0 Å². The van der Waals surface area contributed by atoms with E-state index in [0.29, 0.717) is 43.5 Å². The number of thiazole rings is 1. The lowest BCUT2D eigenvalue weighted by Crippen LogP contribution is -2.39. The number of carbonyl (C=O) groups is 1. The number of benzene rings is 2. The first-order valence-corrected chi connectivity index (χ1v) is 13.3. The van der Waals surface area contributed by atoms with Gasteiger partial charge in [0, 0.05) is 10.6 Å². The second-order valence-corrected chi connectivity index (χ2v) is 9.91. The highest BCUT2D eigenvalue weighted by molar-refractivity contribution is 7.07. The lowest BCUT2D eigenvalue weighted by atomic mass is 9.96. The van der Waals surface area contributed by atoms with Gasteiger partial charge >= 0.3 is 5.97 Å². The zero-order chi connectivity index (χ0) is 27.4. The van der Waals surface area contributed by atoms with Crippen molar-refractivity contribution in [3.8, 4) is 17.6 Å². The predicted molar refractivity (Wildman–Crippen MR) is 146 cm³/mol. The van der Waals surface area contributed by atoms with Gasteiger partial charge in [-0.3, -0.25) is 9.36 Å². The van der Waals surface area contributed by atoms with E-state index >= 15 is 0 Å². The molecule has 0 aliphatic carbocycles. The number of carbonyl (C=O) groups excluding carboxylic acids is 1. The van der Waals surface area contributed by atoms with Gasteiger partial charge in [0.25, 0.3) is 5.56 Å². The van der Waals surface area contributed by atoms with E-state index in [1.54, 1.807) is 38.1 Å². The first kappa shape index (κ1) is 27.5. The van der Waals surface area contributed by atoms with E-state index in [2.05, 4.69) is 4.99 Å². The van der Waals surface area contributed by atoms with Crippen molar-refractivity contribution in [1.29, 1.82) is 5.26 Å². The Kier molecular flexibility index (Phi) is 8.57. The van der Waals surface area contributed by atoms with Gasteiger partial charge in [0.2, 0.25) is 0 Å². The van der Waals surface area contributed by atoms with Crippen molar-refractivity contribution >= 4 is 46.6 Å². The number of fused-ring (bicyclic) bond motifs is 1. The number of hydrogen-bond acceptors (Lipinski definition) is 8. The van der Waals surface area contributed by atoms with E-state index in [9.17, 15) is 9.59 Å². The Morgan fingerprint density at radius 1 is 1.18 bits per heavy atom. The second kappa shape index (κ2) is 11.9. The molecule has 2 heterocycles. The summed E-state index contributed by atoms with van der Waals surface area (Å²) in [5, 5.41) is 9.50. The Balaban J connectivity index is 1.94. The molecule has 8 nitrogen and oxygen atoms in total. The quantitative estimate of drug-likeness (QED) is 0.371. The summed E-state index contributed by atoms with van der Waals surface area (Å²) in [5.41, 5.74) is 1.49. The van der Waals surface area contributed by atoms with Crippen LogP contribution in [0.4, 0.5) is 0 Å². The molecular weight excluding hydrogens is 549 g/mol. The summed E-state index contributed by atoms with van der Waals surface area (Å²) in [6.07, 6.45) is 1.59. The van der Waals surface area contributed by atoms with Gasteiger partial charge in [-0.1, -0.05) is 46.7 Å². The van der Waals surface area contributed by atoms with E-state index in [4.69, 9.17) is 42.7 Å². The molecule has 4 rings (SSSR count). The maximum absolute atomic E-state index is 13.8. The number of esters is 1. The van der Waals surface area contributed by atoms with Crippen molar-refractivity contribution in [3.63, 3.8) is 0 Å². The summed E-state index contributed by atoms with van der Waals surface area (Å²) in [6, 6.07) is 11.4. The Labute approximate surface area is 232 Å². The van der Waals surface area contributed by atoms with Crippen LogP contribution < -0.4 is 24.4 Å². The highest BCUT2D eigenvalue weighted by Gasteiger charge is 2.33. The lowest BCUT2D eigenvalue weighted by Gasteiger charge is -2.24. The third-order valence-electron chi connectivity index (χ3n) is 5.63. The van der Waals surface area contributed by atoms with Crippen molar-refractivity contribution in [2.24, 2.45) is 4.99 Å². The summed E-state index contributed by atoms with van der Waals surface area (Å²) in [7, 11) is 0. The van der Waals surface area contributed by atoms with E-state index in [0.717, 1.165) is 11.3 Å². The molecule has 1 atom stereocenters. The molecule has 0 radical (unpaired) electrons. The van der Waals surface area contributed by atoms with Gasteiger partial charge < -0.3 is 14.2 Å². The molecule has 11 heteroatoms. The number of ether oxygens (including phenoxy) is 3. The number of rotatable bonds is 8. The van der Waals surface area contributed by atoms with Gasteiger partial charge in [-0.2, -0.15) is 5.26 Å². The van der Waals surface area contributed by atoms with Crippen molar-refractivity contribution in [3.05, 3.63) is 88.5 Å². The largest absolute Gasteiger partial charge is 0.494 e. The van der Waals surface area contributed by atoms with E-state index in [1.807, 2.05) is 25.1 Å². The minimum atomic E-state index is -0.764. The number of nitriles is 1. The van der Waals surface area contributed by atoms with Crippen LogP contribution in [0.1, 0.15) is 37.9 Å². The fourth-order valence-electron chi connectivity index (χ4n) is 4.11. The summed E-state index contributed by atoms with van der Waals surface area (Å²) in [6.45, 7) is 5.78. The maximum atomic E-state index is 13.8. The Bertz CT molecular complexity index is 1630. The number of nitrogens with zero attached hydrogens (tertiary/aromatic N) is 3. The molecule has 1 aromatic heterocycles. The highest BCUT2D eigenvalue weighted by atomic mass is 35.5. The van der Waals surface area contributed by atoms with Gasteiger partial charge in [-0.05, 0) is 56.7 Å². The molecule has 0 saturated heterocycles. The van der Waals surface area contributed by atoms with Crippen molar-refractivity contribution < 1.29 is 19.0 Å². The number of hydrogen-bond donors (Lipinski definition) is 0. The van der Waals surface area contributed by atoms with Gasteiger partial charge in [0.1, 0.15) is 17.6 Å². The minimum absolute atomic E-state index is 0.178. The molecule has 0 unspecified atom stereocenters. The van der Waals surface area contributed by atoms with Crippen molar-refractivity contribution in [2.75, 3.05) is 19.8 Å². The van der Waals surface area contributed by atoms with Gasteiger partial charge in [-0.25, -0.2) is 9.79 Å². The van der Waals surface area contributed by atoms with Crippen LogP contribution in [0.5, 0.6) is 11.5 Å². The molecule has 0 spiro atoms. The molecule has 0 amide bonds. The van der Waals surface area contributed by atoms with Crippen LogP contribution in [0.25, 0.3) is 6.08 Å². The van der Waals surface area contributed by atoms with E-state index < -0.39 is 12.0 Å². The zero-order valence-corrected chi connectivity index (χ0v) is 23.1. The maximum Gasteiger partial charge on any atom is 0.338 e. The lowest BCUT2D eigenvalue weighted by molar-refractivity contribution is -0.139. The summed E-state index contributed by atoms with van der Waals surface area (Å²) >= 11 is 13.7. The Hall–Kier alpha value is -3.58. The average Bonchev–Trinajstić information content (AvgIpc) is 3.17. The predicted octanol–water partition coefficient (Wildman–Crippen LogP) is 4.41. The number of aromatic nitrogens is 1. The fourth-order valence-corrected chi connectivity index (χ4v) is 5.71. The Morgan fingerprint density at radius 3 is 2.58 bits per heavy atom. The molecule has 38 heavy (non-hydrogen) atoms. The first-order chi connectivity index (χ1) is 18.3. The topological polar surface area (TPSA) is 103 Å². The molecule has 1 aliphatic rings. The normalized spacial score (nSPS) is 14.9. The van der Waals surface area contributed by atoms with Crippen molar-refractivity contribution in [1.82, 2.24) is 4.57 Å². The van der Waals surface area contributed by atoms with Crippen LogP contribution in [0.2, 0.25) is 10.0 Å². The number of allylic oxidation sites excluding steroid dienone is 1. The van der Waals surface area contributed by atoms with Gasteiger partial charge in [-0.15, -0.1) is 0 Å². The second-order valence-electron chi connectivity index (χ2n) is 8.06. The van der Waals surface area contributed by atoms with Gasteiger partial charge in [0.15, 0.2) is 11.4 Å². The molecular formula is C27H23Cl2N3O5S. The average molecular weight is 572 g/mol. The van der Waals surface area contributed by atoms with E-state index in [-0.39, 0.29) is 35.1 Å². The SMILES string of the molecule is CCOC(=O)C1=C(C)N=c2s/c(=C\c3cc(Cl)cc(Cl)c3OCC#N)c(=O)n2[C@@H]1c1ccc(OCC)cc1. The molecule has 3 aromatic rings. The standard InChI is InChI=1S/C27H23Cl2N3O5S/c1-4-35-19-8-6-16(7-9-19)23-22(26(34)36-5-2)15(3)31-27-32(23)25(33)21(38-27)13-17-12-18(28)14-20(29)24(17)37-11-10-30/h6-9,12-14,23H,4-5,11H2,1-3H3/b21-13-/t23-/m1/s1. The molecule has 0 fully saturated rings. The number of halogens is 2. The molecule has 0 saturated carbocycles. The van der Waals surface area contributed by atoms with Crippen LogP contribution >= 0.6 is 34.5 Å². The zero-order valence-electron chi connectivity index (χ0n) is 20.8. The first-order valence-electron chi connectivity index (χ1n) is 11.7. The molecule has 2 aromatic carbocycles. The Morgan fingerprint density at radius 2 is 1.92 bits per heavy atom. The summed E-state index contributed by atoms with van der Waals surface area (Å²) in [5.74, 6) is 0.357. The summed E-state index contributed by atoms with van der Waals surface area (Å²) in [4.78, 5) is 31.9. The fraction of sp³-hybridized carbons (Fsp3) is 0.259. The van der Waals surface area contributed by atoms with Crippen LogP contribution in [0.15, 0.2) is 57.5 Å². The smallest absolute Gasteiger partial charge is 0.338 e. The molecule has 196 valence electrons. The third-order valence-corrected chi connectivity index (χ3v) is 7.11. The third kappa shape index (κ3) is 5.48. The minimum Gasteiger partial charge on any atom is -0.494 e. The molecule has 0 N–H and O–H groups in total. The van der Waals surface area contributed by atoms with Crippen molar-refractivity contribution in [2.45, 2.75) is 26.8 Å². The van der Waals surface area contributed by atoms with Crippen LogP contribution in [0, 0.1) is 11.3 Å². The van der Waals surface area contributed by atoms with Crippen LogP contribution in [-0.4, -0.2) is 30.4 Å². The van der Waals surface area contributed by atoms with E-state index in [1.165, 1.54) is 10.6 Å². The van der Waals surface area contributed by atoms with Crippen LogP contribution in [-0.2, 0) is 9.53 Å². The highest BCUT2D eigenvalue weighted by Crippen LogP contribution is 2.34. The molecule has 0 bridgehead atoms. The van der Waals surface area contributed by atoms with Gasteiger partial charge in [0.05, 0.1) is 40.1 Å². The summed E-state index contributed by atoms with van der Waals surface area (Å²) < 4.78 is 18.2.